The number of hydrogen-bond acceptors (Lipinski definition) is 3. The second-order valence-corrected chi connectivity index (χ2v) is 6.48. The van der Waals surface area contributed by atoms with Gasteiger partial charge in [0.1, 0.15) is 17.4 Å². The van der Waals surface area contributed by atoms with Crippen molar-refractivity contribution in [3.05, 3.63) is 63.8 Å². The van der Waals surface area contributed by atoms with E-state index in [1.54, 1.807) is 0 Å². The summed E-state index contributed by atoms with van der Waals surface area (Å²) in [6, 6.07) is 4.98. The summed E-state index contributed by atoms with van der Waals surface area (Å²) in [7, 11) is 0. The standard InChI is InChI=1S/C16H11Cl2F4N5O/c17-10-2-1-3-12(19)9(10)6-27-7-11(18)15(25-27)23-14(28)8-26-5-4-13(24-26)16(20,21)22/h1-5,7H,6,8H2,(H,23,25,28). The quantitative estimate of drug-likeness (QED) is 0.609. The van der Waals surface area contributed by atoms with Crippen LogP contribution in [0.2, 0.25) is 10.0 Å². The first-order valence-electron chi connectivity index (χ1n) is 7.70. The van der Waals surface area contributed by atoms with Crippen LogP contribution >= 0.6 is 23.2 Å². The van der Waals surface area contributed by atoms with Crippen LogP contribution in [0.25, 0.3) is 0 Å². The van der Waals surface area contributed by atoms with E-state index in [1.807, 2.05) is 0 Å². The minimum atomic E-state index is -4.60. The van der Waals surface area contributed by atoms with Crippen molar-refractivity contribution in [3.8, 4) is 0 Å². The van der Waals surface area contributed by atoms with Gasteiger partial charge in [0.2, 0.25) is 5.91 Å². The van der Waals surface area contributed by atoms with Crippen LogP contribution in [-0.4, -0.2) is 25.5 Å². The Kier molecular flexibility index (Phi) is 5.61. The molecule has 0 saturated heterocycles. The van der Waals surface area contributed by atoms with E-state index in [0.29, 0.717) is 0 Å². The van der Waals surface area contributed by atoms with Gasteiger partial charge in [-0.3, -0.25) is 14.2 Å². The number of carbonyl (C=O) groups excluding carboxylic acids is 1. The first kappa shape index (κ1) is 20.2. The Morgan fingerprint density at radius 3 is 2.50 bits per heavy atom. The summed E-state index contributed by atoms with van der Waals surface area (Å²) >= 11 is 12.0. The molecule has 1 amide bonds. The maximum Gasteiger partial charge on any atom is 0.435 e. The van der Waals surface area contributed by atoms with Gasteiger partial charge in [0.05, 0.1) is 6.54 Å². The molecule has 0 bridgehead atoms. The molecule has 2 heterocycles. The maximum atomic E-state index is 13.9. The molecule has 0 atom stereocenters. The predicted octanol–water partition coefficient (Wildman–Crippen LogP) is 4.23. The van der Waals surface area contributed by atoms with Crippen molar-refractivity contribution in [2.45, 2.75) is 19.3 Å². The fraction of sp³-hybridized carbons (Fsp3) is 0.188. The molecule has 2 aromatic heterocycles. The Hall–Kier alpha value is -2.59. The van der Waals surface area contributed by atoms with Crippen LogP contribution in [-0.2, 0) is 24.1 Å². The van der Waals surface area contributed by atoms with Gasteiger partial charge < -0.3 is 5.32 Å². The van der Waals surface area contributed by atoms with Gasteiger partial charge in [-0.2, -0.15) is 23.4 Å². The molecule has 3 aromatic rings. The lowest BCUT2D eigenvalue weighted by Crippen LogP contribution is -2.20. The predicted molar refractivity (Wildman–Crippen MR) is 93.6 cm³/mol. The maximum absolute atomic E-state index is 13.9. The second kappa shape index (κ2) is 7.80. The summed E-state index contributed by atoms with van der Waals surface area (Å²) in [6.45, 7) is -0.506. The summed E-state index contributed by atoms with van der Waals surface area (Å²) in [5.74, 6) is -1.24. The number of amides is 1. The molecule has 1 N–H and O–H groups in total. The van der Waals surface area contributed by atoms with Gasteiger partial charge in [-0.15, -0.1) is 0 Å². The zero-order valence-corrected chi connectivity index (χ0v) is 15.4. The monoisotopic (exact) mass is 435 g/mol. The number of benzene rings is 1. The number of nitrogens with zero attached hydrogens (tertiary/aromatic N) is 4. The van der Waals surface area contributed by atoms with Crippen molar-refractivity contribution in [3.63, 3.8) is 0 Å². The van der Waals surface area contributed by atoms with Crippen LogP contribution in [0.1, 0.15) is 11.3 Å². The largest absolute Gasteiger partial charge is 0.435 e. The molecule has 0 aliphatic heterocycles. The molecule has 0 saturated carbocycles. The van der Waals surface area contributed by atoms with E-state index in [1.165, 1.54) is 29.1 Å². The van der Waals surface area contributed by atoms with E-state index in [9.17, 15) is 22.4 Å². The van der Waals surface area contributed by atoms with E-state index in [4.69, 9.17) is 23.2 Å². The van der Waals surface area contributed by atoms with Crippen molar-refractivity contribution in [2.24, 2.45) is 0 Å². The first-order valence-corrected chi connectivity index (χ1v) is 8.45. The lowest BCUT2D eigenvalue weighted by atomic mass is 10.2. The second-order valence-electron chi connectivity index (χ2n) is 5.67. The summed E-state index contributed by atoms with van der Waals surface area (Å²) < 4.78 is 53.6. The van der Waals surface area contributed by atoms with Crippen LogP contribution in [0.15, 0.2) is 36.7 Å². The van der Waals surface area contributed by atoms with Gasteiger partial charge >= 0.3 is 6.18 Å². The number of hydrogen-bond donors (Lipinski definition) is 1. The van der Waals surface area contributed by atoms with Crippen LogP contribution in [0.3, 0.4) is 0 Å². The number of halogens is 6. The minimum absolute atomic E-state index is 0.0256. The van der Waals surface area contributed by atoms with Gasteiger partial charge in [-0.1, -0.05) is 29.3 Å². The van der Waals surface area contributed by atoms with Crippen molar-refractivity contribution in [1.82, 2.24) is 19.6 Å². The van der Waals surface area contributed by atoms with Gasteiger partial charge in [0, 0.05) is 23.0 Å². The summed E-state index contributed by atoms with van der Waals surface area (Å²) in [5.41, 5.74) is -0.915. The van der Waals surface area contributed by atoms with E-state index < -0.39 is 30.1 Å². The zero-order valence-electron chi connectivity index (χ0n) is 13.8. The molecule has 0 radical (unpaired) electrons. The van der Waals surface area contributed by atoms with E-state index in [-0.39, 0.29) is 28.0 Å². The van der Waals surface area contributed by atoms with Crippen molar-refractivity contribution >= 4 is 34.9 Å². The Bertz CT molecular complexity index is 995. The fourth-order valence-corrected chi connectivity index (χ4v) is 2.75. The van der Waals surface area contributed by atoms with Crippen molar-refractivity contribution in [1.29, 1.82) is 0 Å². The summed E-state index contributed by atoms with van der Waals surface area (Å²) in [5, 5.41) is 9.96. The van der Waals surface area contributed by atoms with E-state index in [0.717, 1.165) is 16.9 Å². The van der Waals surface area contributed by atoms with Crippen molar-refractivity contribution in [2.75, 3.05) is 5.32 Å². The van der Waals surface area contributed by atoms with Crippen LogP contribution < -0.4 is 5.32 Å². The lowest BCUT2D eigenvalue weighted by molar-refractivity contribution is -0.141. The normalized spacial score (nSPS) is 11.6. The highest BCUT2D eigenvalue weighted by molar-refractivity contribution is 6.33. The number of rotatable bonds is 5. The molecule has 0 unspecified atom stereocenters. The van der Waals surface area contributed by atoms with Crippen LogP contribution in [0.4, 0.5) is 23.4 Å². The molecule has 0 aliphatic carbocycles. The smallest absolute Gasteiger partial charge is 0.306 e. The molecular weight excluding hydrogens is 425 g/mol. The third-order valence-electron chi connectivity index (χ3n) is 3.59. The van der Waals surface area contributed by atoms with Gasteiger partial charge in [0.15, 0.2) is 11.5 Å². The first-order chi connectivity index (χ1) is 13.1. The highest BCUT2D eigenvalue weighted by atomic mass is 35.5. The topological polar surface area (TPSA) is 64.7 Å². The molecule has 0 fully saturated rings. The molecule has 12 heteroatoms. The number of alkyl halides is 3. The van der Waals surface area contributed by atoms with Gasteiger partial charge in [-0.05, 0) is 18.2 Å². The Balaban J connectivity index is 1.68. The number of aromatic nitrogens is 4. The summed E-state index contributed by atoms with van der Waals surface area (Å²) in [6.07, 6.45) is -2.21. The number of nitrogens with one attached hydrogen (secondary N) is 1. The molecule has 0 spiro atoms. The highest BCUT2D eigenvalue weighted by Gasteiger charge is 2.33. The fourth-order valence-electron chi connectivity index (χ4n) is 2.33. The van der Waals surface area contributed by atoms with E-state index in [2.05, 4.69) is 15.5 Å². The van der Waals surface area contributed by atoms with Crippen LogP contribution in [0, 0.1) is 5.82 Å². The molecule has 28 heavy (non-hydrogen) atoms. The molecule has 0 aliphatic rings. The molecular formula is C16H11Cl2F4N5O. The average molecular weight is 436 g/mol. The molecule has 148 valence electrons. The SMILES string of the molecule is O=C(Cn1ccc(C(F)(F)F)n1)Nc1nn(Cc2c(F)cccc2Cl)cc1Cl. The van der Waals surface area contributed by atoms with E-state index >= 15 is 0 Å². The Morgan fingerprint density at radius 2 is 1.86 bits per heavy atom. The highest BCUT2D eigenvalue weighted by Crippen LogP contribution is 2.27. The van der Waals surface area contributed by atoms with Gasteiger partial charge in [0.25, 0.3) is 0 Å². The molecule has 6 nitrogen and oxygen atoms in total. The minimum Gasteiger partial charge on any atom is -0.306 e. The van der Waals surface area contributed by atoms with Gasteiger partial charge in [-0.25, -0.2) is 4.39 Å². The number of carbonyl (C=O) groups is 1. The third-order valence-corrected chi connectivity index (χ3v) is 4.22. The molecule has 3 rings (SSSR count). The van der Waals surface area contributed by atoms with Crippen molar-refractivity contribution < 1.29 is 22.4 Å². The zero-order chi connectivity index (χ0) is 20.5. The Labute approximate surface area is 165 Å². The molecule has 1 aromatic carbocycles. The van der Waals surface area contributed by atoms with Crippen LogP contribution in [0.5, 0.6) is 0 Å². The number of anilines is 1. The average Bonchev–Trinajstić information content (AvgIpc) is 3.18. The third kappa shape index (κ3) is 4.63. The summed E-state index contributed by atoms with van der Waals surface area (Å²) in [4.78, 5) is 12.0. The lowest BCUT2D eigenvalue weighted by Gasteiger charge is -2.06. The Morgan fingerprint density at radius 1 is 1.11 bits per heavy atom.